The average molecular weight is 476 g/mol. The zero-order chi connectivity index (χ0) is 25.4. The molecule has 2 aromatic heterocycles. The van der Waals surface area contributed by atoms with E-state index in [0.29, 0.717) is 19.4 Å². The van der Waals surface area contributed by atoms with Crippen LogP contribution in [0, 0.1) is 0 Å². The molecule has 2 amide bonds. The number of nitrogens with zero attached hydrogens (tertiary/aromatic N) is 4. The lowest BCUT2D eigenvalue weighted by atomic mass is 9.80. The third-order valence-electron chi connectivity index (χ3n) is 6.23. The first-order valence-electron chi connectivity index (χ1n) is 12.3. The Bertz CT molecular complexity index is 1070. The lowest BCUT2D eigenvalue weighted by Gasteiger charge is -2.37. The highest BCUT2D eigenvalue weighted by Gasteiger charge is 2.36. The van der Waals surface area contributed by atoms with E-state index >= 15 is 0 Å². The van der Waals surface area contributed by atoms with Gasteiger partial charge in [-0.3, -0.25) is 19.3 Å². The molecule has 186 valence electrons. The molecule has 2 unspecified atom stereocenters. The predicted molar refractivity (Wildman–Crippen MR) is 138 cm³/mol. The van der Waals surface area contributed by atoms with Crippen molar-refractivity contribution >= 4 is 11.8 Å². The number of rotatable bonds is 11. The molecule has 1 aromatic carbocycles. The molecule has 0 saturated heterocycles. The van der Waals surface area contributed by atoms with Crippen molar-refractivity contribution in [2.24, 2.45) is 7.05 Å². The number of hydrogen-bond acceptors (Lipinski definition) is 4. The highest BCUT2D eigenvalue weighted by molar-refractivity contribution is 5.85. The Morgan fingerprint density at radius 1 is 0.971 bits per heavy atom. The Kier molecular flexibility index (Phi) is 9.18. The lowest BCUT2D eigenvalue weighted by molar-refractivity contribution is -0.137. The van der Waals surface area contributed by atoms with Gasteiger partial charge in [0.2, 0.25) is 11.8 Å². The predicted octanol–water partition coefficient (Wildman–Crippen LogP) is 4.08. The maximum absolute atomic E-state index is 14.1. The lowest BCUT2D eigenvalue weighted by Crippen LogP contribution is -2.47. The van der Waals surface area contributed by atoms with Crippen LogP contribution in [0.1, 0.15) is 62.6 Å². The summed E-state index contributed by atoms with van der Waals surface area (Å²) < 4.78 is 1.73. The Hall–Kier alpha value is -3.48. The van der Waals surface area contributed by atoms with Gasteiger partial charge in [0.15, 0.2) is 0 Å². The number of aromatic nitrogens is 3. The number of carbonyl (C=O) groups is 2. The molecule has 0 aliphatic rings. The molecule has 7 nitrogen and oxygen atoms in total. The summed E-state index contributed by atoms with van der Waals surface area (Å²) in [6, 6.07) is 13.9. The Balaban J connectivity index is 1.89. The largest absolute Gasteiger partial charge is 0.355 e. The van der Waals surface area contributed by atoms with Crippen LogP contribution in [0.15, 0.2) is 67.3 Å². The minimum absolute atomic E-state index is 0.0430. The van der Waals surface area contributed by atoms with Gasteiger partial charge in [-0.25, -0.2) is 0 Å². The standard InChI is InChI=1S/C28H37N5O2/c1-20(2)33(21(3)4)28(35)27(24-12-9-15-29-17-24)25(23-10-7-6-8-11-23)18-30-26(34)14-13-22-16-31-32(5)19-22/h6-12,15-17,19-21,25,27H,13-14,18H2,1-5H3,(H,30,34). The molecule has 0 saturated carbocycles. The highest BCUT2D eigenvalue weighted by Crippen LogP contribution is 2.35. The second kappa shape index (κ2) is 12.3. The molecule has 0 spiro atoms. The van der Waals surface area contributed by atoms with Crippen molar-refractivity contribution in [3.05, 3.63) is 83.9 Å². The van der Waals surface area contributed by atoms with Crippen LogP contribution in [0.3, 0.4) is 0 Å². The van der Waals surface area contributed by atoms with E-state index in [0.717, 1.165) is 16.7 Å². The van der Waals surface area contributed by atoms with E-state index < -0.39 is 5.92 Å². The fraction of sp³-hybridized carbons (Fsp3) is 0.429. The zero-order valence-electron chi connectivity index (χ0n) is 21.4. The highest BCUT2D eigenvalue weighted by atomic mass is 16.2. The molecule has 0 aliphatic heterocycles. The summed E-state index contributed by atoms with van der Waals surface area (Å²) in [4.78, 5) is 33.1. The van der Waals surface area contributed by atoms with Crippen LogP contribution in [0.25, 0.3) is 0 Å². The summed E-state index contributed by atoms with van der Waals surface area (Å²) in [6.45, 7) is 8.50. The SMILES string of the molecule is CC(C)N(C(=O)C(c1cccnc1)C(CNC(=O)CCc1cnn(C)c1)c1ccccc1)C(C)C. The Morgan fingerprint density at radius 2 is 1.66 bits per heavy atom. The van der Waals surface area contributed by atoms with Gasteiger partial charge >= 0.3 is 0 Å². The smallest absolute Gasteiger partial charge is 0.231 e. The van der Waals surface area contributed by atoms with Gasteiger partial charge in [-0.2, -0.15) is 5.10 Å². The molecule has 1 N–H and O–H groups in total. The minimum atomic E-state index is -0.477. The molecule has 0 aliphatic carbocycles. The molecule has 2 atom stereocenters. The summed E-state index contributed by atoms with van der Waals surface area (Å²) in [7, 11) is 1.86. The van der Waals surface area contributed by atoms with Crippen LogP contribution in [-0.2, 0) is 23.1 Å². The van der Waals surface area contributed by atoms with E-state index in [2.05, 4.69) is 15.4 Å². The van der Waals surface area contributed by atoms with Gasteiger partial charge < -0.3 is 10.2 Å². The van der Waals surface area contributed by atoms with Crippen LogP contribution in [0.4, 0.5) is 0 Å². The zero-order valence-corrected chi connectivity index (χ0v) is 21.4. The van der Waals surface area contributed by atoms with Gasteiger partial charge in [-0.15, -0.1) is 0 Å². The van der Waals surface area contributed by atoms with Gasteiger partial charge in [-0.1, -0.05) is 36.4 Å². The summed E-state index contributed by atoms with van der Waals surface area (Å²) in [5, 5.41) is 7.27. The monoisotopic (exact) mass is 475 g/mol. The molecule has 7 heteroatoms. The van der Waals surface area contributed by atoms with Gasteiger partial charge in [0.25, 0.3) is 0 Å². The van der Waals surface area contributed by atoms with Crippen molar-refractivity contribution in [1.29, 1.82) is 0 Å². The number of aryl methyl sites for hydroxylation is 2. The van der Waals surface area contributed by atoms with Crippen LogP contribution in [0.5, 0.6) is 0 Å². The van der Waals surface area contributed by atoms with Crippen LogP contribution in [-0.4, -0.2) is 50.1 Å². The molecule has 0 bridgehead atoms. The average Bonchev–Trinajstić information content (AvgIpc) is 3.26. The second-order valence-corrected chi connectivity index (χ2v) is 9.54. The van der Waals surface area contributed by atoms with Crippen molar-refractivity contribution in [3.8, 4) is 0 Å². The first-order chi connectivity index (χ1) is 16.8. The van der Waals surface area contributed by atoms with E-state index in [-0.39, 0.29) is 29.8 Å². The number of amides is 2. The van der Waals surface area contributed by atoms with Crippen molar-refractivity contribution < 1.29 is 9.59 Å². The van der Waals surface area contributed by atoms with Crippen molar-refractivity contribution in [2.75, 3.05) is 6.54 Å². The van der Waals surface area contributed by atoms with E-state index in [1.807, 2.05) is 88.3 Å². The topological polar surface area (TPSA) is 80.1 Å². The van der Waals surface area contributed by atoms with Crippen molar-refractivity contribution in [3.63, 3.8) is 0 Å². The molecular formula is C28H37N5O2. The fourth-order valence-corrected chi connectivity index (χ4v) is 4.67. The Labute approximate surface area is 208 Å². The van der Waals surface area contributed by atoms with Crippen LogP contribution in [0.2, 0.25) is 0 Å². The summed E-state index contributed by atoms with van der Waals surface area (Å²) in [6.07, 6.45) is 8.16. The molecule has 3 rings (SSSR count). The number of pyridine rings is 1. The van der Waals surface area contributed by atoms with E-state index in [4.69, 9.17) is 0 Å². The van der Waals surface area contributed by atoms with Crippen LogP contribution < -0.4 is 5.32 Å². The third-order valence-corrected chi connectivity index (χ3v) is 6.23. The van der Waals surface area contributed by atoms with Crippen molar-refractivity contribution in [1.82, 2.24) is 25.0 Å². The van der Waals surface area contributed by atoms with E-state index in [1.54, 1.807) is 23.3 Å². The van der Waals surface area contributed by atoms with Gasteiger partial charge in [0.05, 0.1) is 12.1 Å². The Morgan fingerprint density at radius 3 is 2.23 bits per heavy atom. The summed E-state index contributed by atoms with van der Waals surface area (Å²) in [5.74, 6) is -0.719. The molecule has 0 radical (unpaired) electrons. The molecule has 3 aromatic rings. The number of hydrogen-bond donors (Lipinski definition) is 1. The molecule has 2 heterocycles. The summed E-state index contributed by atoms with van der Waals surface area (Å²) >= 11 is 0. The third kappa shape index (κ3) is 7.01. The maximum atomic E-state index is 14.1. The first kappa shape index (κ1) is 26.1. The van der Waals surface area contributed by atoms with E-state index in [1.165, 1.54) is 0 Å². The molecule has 35 heavy (non-hydrogen) atoms. The molecular weight excluding hydrogens is 438 g/mol. The quantitative estimate of drug-likeness (QED) is 0.453. The van der Waals surface area contributed by atoms with Gasteiger partial charge in [0.1, 0.15) is 0 Å². The summed E-state index contributed by atoms with van der Waals surface area (Å²) in [5.41, 5.74) is 2.88. The van der Waals surface area contributed by atoms with Crippen molar-refractivity contribution in [2.45, 2.75) is 64.5 Å². The maximum Gasteiger partial charge on any atom is 0.231 e. The van der Waals surface area contributed by atoms with Gasteiger partial charge in [-0.05, 0) is 56.9 Å². The number of carbonyl (C=O) groups excluding carboxylic acids is 2. The second-order valence-electron chi connectivity index (χ2n) is 9.54. The fourth-order valence-electron chi connectivity index (χ4n) is 4.67. The first-order valence-corrected chi connectivity index (χ1v) is 12.3. The minimum Gasteiger partial charge on any atom is -0.355 e. The normalized spacial score (nSPS) is 13.0. The van der Waals surface area contributed by atoms with Crippen LogP contribution >= 0.6 is 0 Å². The number of benzene rings is 1. The van der Waals surface area contributed by atoms with Gasteiger partial charge in [0, 0.05) is 56.6 Å². The number of nitrogens with one attached hydrogen (secondary N) is 1. The van der Waals surface area contributed by atoms with E-state index in [9.17, 15) is 9.59 Å². The molecule has 0 fully saturated rings.